The summed E-state index contributed by atoms with van der Waals surface area (Å²) in [6.07, 6.45) is 11.6. The number of pyridine rings is 4. The van der Waals surface area contributed by atoms with Crippen LogP contribution in [0.15, 0.2) is 134 Å². The number of imidazole rings is 2. The molecule has 250 valence electrons. The van der Waals surface area contributed by atoms with E-state index in [9.17, 15) is 0 Å². The molecule has 0 spiro atoms. The van der Waals surface area contributed by atoms with Crippen molar-refractivity contribution in [1.29, 1.82) is 0 Å². The smallest absolute Gasteiger partial charge is 0.141 e. The Hall–Kier alpha value is -6.54. The molecule has 0 bridgehead atoms. The van der Waals surface area contributed by atoms with E-state index >= 15 is 0 Å². The molecule has 10 aromatic rings. The first-order valence-electron chi connectivity index (χ1n) is 18.0. The number of unbranched alkanes of at least 4 members (excludes halogenated alkanes) is 3. The standard InChI is InChI=1S/C44H34N8/c1(9-27-51-41-33-21-13-25-47-37(33)35-31(19-11-23-45-35)39(41)49-43(51)29-15-5-3-6-16-29)2-10-28-52-42-34-22-14-26-48-38(34)36-32(20-12-24-46-36)40(42)50-44(52)30-17-7-4-8-18-30/h3-8,11-26H,1-2,9-10,27-28H2. The van der Waals surface area contributed by atoms with Crippen molar-refractivity contribution in [2.24, 2.45) is 0 Å². The maximum Gasteiger partial charge on any atom is 0.141 e. The average molecular weight is 675 g/mol. The molecule has 0 unspecified atom stereocenters. The topological polar surface area (TPSA) is 87.2 Å². The number of rotatable bonds is 9. The fourth-order valence-corrected chi connectivity index (χ4v) is 7.91. The minimum Gasteiger partial charge on any atom is -0.323 e. The third-order valence-electron chi connectivity index (χ3n) is 10.2. The van der Waals surface area contributed by atoms with Gasteiger partial charge in [0.25, 0.3) is 0 Å². The van der Waals surface area contributed by atoms with Gasteiger partial charge in [-0.2, -0.15) is 0 Å². The maximum absolute atomic E-state index is 5.30. The van der Waals surface area contributed by atoms with Crippen LogP contribution < -0.4 is 0 Å². The van der Waals surface area contributed by atoms with Gasteiger partial charge in [-0.05, 0) is 61.4 Å². The molecule has 8 heteroatoms. The van der Waals surface area contributed by atoms with Gasteiger partial charge in [0.15, 0.2) is 0 Å². The number of hydrogen-bond donors (Lipinski definition) is 0. The van der Waals surface area contributed by atoms with Crippen LogP contribution in [-0.4, -0.2) is 39.0 Å². The van der Waals surface area contributed by atoms with Crippen LogP contribution in [0.1, 0.15) is 25.7 Å². The molecule has 0 saturated carbocycles. The molecule has 0 aliphatic carbocycles. The second-order valence-corrected chi connectivity index (χ2v) is 13.3. The molecular weight excluding hydrogens is 641 g/mol. The van der Waals surface area contributed by atoms with Crippen LogP contribution in [0.3, 0.4) is 0 Å². The maximum atomic E-state index is 5.30. The Balaban J connectivity index is 0.982. The van der Waals surface area contributed by atoms with Gasteiger partial charge in [-0.1, -0.05) is 73.5 Å². The summed E-state index contributed by atoms with van der Waals surface area (Å²) in [6, 6.07) is 37.6. The first-order valence-corrected chi connectivity index (χ1v) is 18.0. The molecule has 0 radical (unpaired) electrons. The molecule has 0 aliphatic heterocycles. The lowest BCUT2D eigenvalue weighted by Crippen LogP contribution is -2.03. The van der Waals surface area contributed by atoms with Crippen molar-refractivity contribution in [3.8, 4) is 22.8 Å². The van der Waals surface area contributed by atoms with Crippen LogP contribution in [0, 0.1) is 0 Å². The zero-order valence-corrected chi connectivity index (χ0v) is 28.5. The number of benzene rings is 4. The van der Waals surface area contributed by atoms with E-state index in [0.29, 0.717) is 0 Å². The predicted octanol–water partition coefficient (Wildman–Crippen LogP) is 10.2. The number of aryl methyl sites for hydroxylation is 2. The monoisotopic (exact) mass is 674 g/mol. The fourth-order valence-electron chi connectivity index (χ4n) is 7.91. The Bertz CT molecular complexity index is 2710. The molecule has 6 heterocycles. The molecule has 0 saturated heterocycles. The molecule has 8 nitrogen and oxygen atoms in total. The largest absolute Gasteiger partial charge is 0.323 e. The third kappa shape index (κ3) is 4.90. The van der Waals surface area contributed by atoms with Crippen molar-refractivity contribution >= 4 is 65.7 Å². The molecule has 4 aromatic carbocycles. The number of nitrogens with zero attached hydrogens (tertiary/aromatic N) is 8. The number of aromatic nitrogens is 8. The van der Waals surface area contributed by atoms with Crippen molar-refractivity contribution < 1.29 is 0 Å². The molecule has 0 aliphatic rings. The van der Waals surface area contributed by atoms with E-state index in [0.717, 1.165) is 127 Å². The highest BCUT2D eigenvalue weighted by atomic mass is 15.1. The summed E-state index contributed by atoms with van der Waals surface area (Å²) in [4.78, 5) is 29.7. The van der Waals surface area contributed by atoms with E-state index in [1.807, 2.05) is 49.1 Å². The van der Waals surface area contributed by atoms with Crippen LogP contribution in [0.25, 0.3) is 88.5 Å². The summed E-state index contributed by atoms with van der Waals surface area (Å²) in [6.45, 7) is 1.71. The molecule has 6 aromatic heterocycles. The highest BCUT2D eigenvalue weighted by Gasteiger charge is 2.21. The Morgan fingerprint density at radius 1 is 0.346 bits per heavy atom. The van der Waals surface area contributed by atoms with Gasteiger partial charge in [-0.25, -0.2) is 9.97 Å². The lowest BCUT2D eigenvalue weighted by Gasteiger charge is -2.13. The summed E-state index contributed by atoms with van der Waals surface area (Å²) in [5, 5.41) is 4.24. The van der Waals surface area contributed by atoms with Crippen molar-refractivity contribution in [2.75, 3.05) is 0 Å². The summed E-state index contributed by atoms with van der Waals surface area (Å²) >= 11 is 0. The minimum absolute atomic E-state index is 0.856. The highest BCUT2D eigenvalue weighted by Crippen LogP contribution is 2.38. The zero-order valence-electron chi connectivity index (χ0n) is 28.5. The van der Waals surface area contributed by atoms with Gasteiger partial charge in [-0.3, -0.25) is 19.9 Å². The molecule has 10 rings (SSSR count). The van der Waals surface area contributed by atoms with Crippen LogP contribution in [0.4, 0.5) is 0 Å². The lowest BCUT2D eigenvalue weighted by molar-refractivity contribution is 0.552. The summed E-state index contributed by atoms with van der Waals surface area (Å²) in [5.41, 5.74) is 10.0. The Kier molecular flexibility index (Phi) is 7.37. The molecule has 0 atom stereocenters. The Morgan fingerprint density at radius 3 is 1.12 bits per heavy atom. The van der Waals surface area contributed by atoms with Crippen LogP contribution in [0.5, 0.6) is 0 Å². The van der Waals surface area contributed by atoms with Gasteiger partial charge in [0.2, 0.25) is 0 Å². The Morgan fingerprint density at radius 2 is 0.712 bits per heavy atom. The third-order valence-corrected chi connectivity index (χ3v) is 10.2. The Labute approximate surface area is 299 Å². The lowest BCUT2D eigenvalue weighted by atomic mass is 10.1. The SMILES string of the molecule is c1ccc(-c2nc3c4cccnc4c4ncccc4c3n2CCCCCCn2c(-c3ccccc3)nc3c4cccnc4c4ncccc4c32)cc1. The molecular formula is C44H34N8. The zero-order chi connectivity index (χ0) is 34.4. The number of fused-ring (bicyclic) bond motifs is 12. The van der Waals surface area contributed by atoms with Crippen LogP contribution >= 0.6 is 0 Å². The van der Waals surface area contributed by atoms with E-state index in [1.54, 1.807) is 0 Å². The predicted molar refractivity (Wildman–Crippen MR) is 210 cm³/mol. The van der Waals surface area contributed by atoms with E-state index in [1.165, 1.54) is 0 Å². The van der Waals surface area contributed by atoms with E-state index in [2.05, 4.69) is 94.1 Å². The van der Waals surface area contributed by atoms with Crippen molar-refractivity contribution in [1.82, 2.24) is 39.0 Å². The van der Waals surface area contributed by atoms with Gasteiger partial charge in [-0.15, -0.1) is 0 Å². The van der Waals surface area contributed by atoms with Gasteiger partial charge < -0.3 is 9.13 Å². The second-order valence-electron chi connectivity index (χ2n) is 13.3. The number of hydrogen-bond acceptors (Lipinski definition) is 6. The van der Waals surface area contributed by atoms with Crippen molar-refractivity contribution in [2.45, 2.75) is 38.8 Å². The first-order chi connectivity index (χ1) is 25.8. The van der Waals surface area contributed by atoms with Gasteiger partial charge in [0.1, 0.15) is 11.6 Å². The van der Waals surface area contributed by atoms with Gasteiger partial charge in [0, 0.05) is 70.5 Å². The van der Waals surface area contributed by atoms with Crippen molar-refractivity contribution in [3.05, 3.63) is 134 Å². The quantitative estimate of drug-likeness (QED) is 0.112. The summed E-state index contributed by atoms with van der Waals surface area (Å²) in [5.74, 6) is 1.97. The fraction of sp³-hybridized carbons (Fsp3) is 0.136. The molecule has 0 amide bonds. The normalized spacial score (nSPS) is 11.9. The first kappa shape index (κ1) is 30.3. The average Bonchev–Trinajstić information content (AvgIpc) is 3.80. The molecule has 0 N–H and O–H groups in total. The van der Waals surface area contributed by atoms with E-state index in [-0.39, 0.29) is 0 Å². The molecule has 52 heavy (non-hydrogen) atoms. The van der Waals surface area contributed by atoms with Gasteiger partial charge >= 0.3 is 0 Å². The minimum atomic E-state index is 0.856. The molecule has 0 fully saturated rings. The van der Waals surface area contributed by atoms with E-state index < -0.39 is 0 Å². The van der Waals surface area contributed by atoms with Gasteiger partial charge in [0.05, 0.1) is 44.1 Å². The summed E-state index contributed by atoms with van der Waals surface area (Å²) < 4.78 is 4.83. The summed E-state index contributed by atoms with van der Waals surface area (Å²) in [7, 11) is 0. The van der Waals surface area contributed by atoms with Crippen LogP contribution in [0.2, 0.25) is 0 Å². The second kappa shape index (κ2) is 12.7. The van der Waals surface area contributed by atoms with Crippen molar-refractivity contribution in [3.63, 3.8) is 0 Å². The van der Waals surface area contributed by atoms with Crippen LogP contribution in [-0.2, 0) is 13.1 Å². The highest BCUT2D eigenvalue weighted by molar-refractivity contribution is 6.22. The van der Waals surface area contributed by atoms with E-state index in [4.69, 9.17) is 29.9 Å².